The van der Waals surface area contributed by atoms with Crippen LogP contribution in [0.5, 0.6) is 0 Å². The summed E-state index contributed by atoms with van der Waals surface area (Å²) < 4.78 is 0. The van der Waals surface area contributed by atoms with Gasteiger partial charge in [0.05, 0.1) is 12.1 Å². The molecule has 1 unspecified atom stereocenters. The second-order valence-electron chi connectivity index (χ2n) is 3.04. The number of nitrogens with one attached hydrogen (secondary N) is 1. The maximum Gasteiger partial charge on any atom is 0.0950 e. The van der Waals surface area contributed by atoms with Crippen molar-refractivity contribution in [2.24, 2.45) is 0 Å². The molecule has 76 valence electrons. The van der Waals surface area contributed by atoms with Crippen molar-refractivity contribution in [2.45, 2.75) is 25.3 Å². The highest BCUT2D eigenvalue weighted by molar-refractivity contribution is 5.20. The lowest BCUT2D eigenvalue weighted by molar-refractivity contribution is 0.594. The van der Waals surface area contributed by atoms with Gasteiger partial charge in [0.1, 0.15) is 0 Å². The standard InChI is InChI=1S/C12H18N2/c1-4-7-11(5-2)8-6-9-12(10-13)14-3/h4-5,7,12,14H,1-2,6,8-9H2,3H3/b11-7+. The van der Waals surface area contributed by atoms with Crippen LogP contribution in [0, 0.1) is 11.3 Å². The van der Waals surface area contributed by atoms with Crippen LogP contribution in [0.25, 0.3) is 0 Å². The quantitative estimate of drug-likeness (QED) is 0.626. The average Bonchev–Trinajstić information content (AvgIpc) is 2.23. The Labute approximate surface area is 86.6 Å². The van der Waals surface area contributed by atoms with Gasteiger partial charge in [0, 0.05) is 0 Å². The molecule has 0 fully saturated rings. The molecule has 1 N–H and O–H groups in total. The minimum absolute atomic E-state index is 0.0372. The molecule has 2 heteroatoms. The van der Waals surface area contributed by atoms with Gasteiger partial charge in [-0.2, -0.15) is 5.26 Å². The van der Waals surface area contributed by atoms with Crippen LogP contribution in [0.3, 0.4) is 0 Å². The van der Waals surface area contributed by atoms with Crippen LogP contribution in [0.4, 0.5) is 0 Å². The van der Waals surface area contributed by atoms with Crippen molar-refractivity contribution in [3.05, 3.63) is 37.0 Å². The predicted octanol–water partition coefficient (Wildman–Crippen LogP) is 2.57. The zero-order valence-corrected chi connectivity index (χ0v) is 8.79. The van der Waals surface area contributed by atoms with E-state index in [-0.39, 0.29) is 6.04 Å². The van der Waals surface area contributed by atoms with E-state index in [0.717, 1.165) is 19.3 Å². The highest BCUT2D eigenvalue weighted by Crippen LogP contribution is 2.09. The average molecular weight is 190 g/mol. The van der Waals surface area contributed by atoms with Gasteiger partial charge in [-0.05, 0) is 31.9 Å². The van der Waals surface area contributed by atoms with Gasteiger partial charge in [-0.1, -0.05) is 31.4 Å². The smallest absolute Gasteiger partial charge is 0.0950 e. The van der Waals surface area contributed by atoms with Crippen molar-refractivity contribution in [2.75, 3.05) is 7.05 Å². The first-order chi connectivity index (χ1) is 6.78. The summed E-state index contributed by atoms with van der Waals surface area (Å²) in [6, 6.07) is 2.16. The van der Waals surface area contributed by atoms with Gasteiger partial charge in [-0.15, -0.1) is 0 Å². The van der Waals surface area contributed by atoms with Gasteiger partial charge < -0.3 is 5.32 Å². The third kappa shape index (κ3) is 5.34. The summed E-state index contributed by atoms with van der Waals surface area (Å²) in [6.45, 7) is 7.36. The Morgan fingerprint density at radius 2 is 2.29 bits per heavy atom. The van der Waals surface area contributed by atoms with E-state index in [0.29, 0.717) is 0 Å². The summed E-state index contributed by atoms with van der Waals surface area (Å²) in [6.07, 6.45) is 8.36. The summed E-state index contributed by atoms with van der Waals surface area (Å²) >= 11 is 0. The monoisotopic (exact) mass is 190 g/mol. The van der Waals surface area contributed by atoms with Crippen molar-refractivity contribution in [1.29, 1.82) is 5.26 Å². The van der Waals surface area contributed by atoms with Crippen LogP contribution in [-0.4, -0.2) is 13.1 Å². The van der Waals surface area contributed by atoms with Crippen LogP contribution >= 0.6 is 0 Å². The van der Waals surface area contributed by atoms with Crippen molar-refractivity contribution in [3.8, 4) is 6.07 Å². The third-order valence-electron chi connectivity index (χ3n) is 2.06. The second-order valence-corrected chi connectivity index (χ2v) is 3.04. The van der Waals surface area contributed by atoms with E-state index in [1.807, 2.05) is 19.2 Å². The summed E-state index contributed by atoms with van der Waals surface area (Å²) in [5.41, 5.74) is 1.17. The van der Waals surface area contributed by atoms with Crippen LogP contribution in [0.1, 0.15) is 19.3 Å². The van der Waals surface area contributed by atoms with E-state index >= 15 is 0 Å². The molecule has 0 bridgehead atoms. The summed E-state index contributed by atoms with van der Waals surface area (Å²) in [7, 11) is 1.81. The van der Waals surface area contributed by atoms with Crippen LogP contribution < -0.4 is 5.32 Å². The number of rotatable bonds is 7. The first kappa shape index (κ1) is 12.7. The molecule has 0 aliphatic heterocycles. The minimum atomic E-state index is -0.0372. The van der Waals surface area contributed by atoms with E-state index in [1.54, 1.807) is 6.08 Å². The summed E-state index contributed by atoms with van der Waals surface area (Å²) in [4.78, 5) is 0. The Morgan fingerprint density at radius 3 is 2.71 bits per heavy atom. The molecule has 2 nitrogen and oxygen atoms in total. The SMILES string of the molecule is C=C/C=C(\C=C)CCCC(C#N)NC. The third-order valence-corrected chi connectivity index (χ3v) is 2.06. The Bertz CT molecular complexity index is 246. The fourth-order valence-electron chi connectivity index (χ4n) is 1.19. The van der Waals surface area contributed by atoms with Crippen LogP contribution in [0.15, 0.2) is 37.0 Å². The molecular weight excluding hydrogens is 172 g/mol. The van der Waals surface area contributed by atoms with Gasteiger partial charge in [0.15, 0.2) is 0 Å². The highest BCUT2D eigenvalue weighted by Gasteiger charge is 2.02. The molecule has 0 radical (unpaired) electrons. The molecule has 0 rings (SSSR count). The number of allylic oxidation sites excluding steroid dienone is 4. The molecular formula is C12H18N2. The lowest BCUT2D eigenvalue weighted by atomic mass is 10.1. The number of nitrogens with zero attached hydrogens (tertiary/aromatic N) is 1. The minimum Gasteiger partial charge on any atom is -0.305 e. The van der Waals surface area contributed by atoms with Crippen molar-refractivity contribution < 1.29 is 0 Å². The summed E-state index contributed by atoms with van der Waals surface area (Å²) in [5, 5.41) is 11.6. The molecule has 0 aliphatic carbocycles. The fourth-order valence-corrected chi connectivity index (χ4v) is 1.19. The van der Waals surface area contributed by atoms with E-state index in [1.165, 1.54) is 5.57 Å². The van der Waals surface area contributed by atoms with Gasteiger partial charge >= 0.3 is 0 Å². The number of hydrogen-bond acceptors (Lipinski definition) is 2. The van der Waals surface area contributed by atoms with Crippen molar-refractivity contribution in [3.63, 3.8) is 0 Å². The van der Waals surface area contributed by atoms with Gasteiger partial charge in [-0.25, -0.2) is 0 Å². The molecule has 0 aromatic carbocycles. The molecule has 14 heavy (non-hydrogen) atoms. The molecule has 0 heterocycles. The molecule has 0 spiro atoms. The lowest BCUT2D eigenvalue weighted by Crippen LogP contribution is -2.22. The molecule has 0 saturated carbocycles. The fraction of sp³-hybridized carbons (Fsp3) is 0.417. The van der Waals surface area contributed by atoms with Crippen LogP contribution in [0.2, 0.25) is 0 Å². The largest absolute Gasteiger partial charge is 0.305 e. The first-order valence-corrected chi connectivity index (χ1v) is 4.79. The molecule has 0 saturated heterocycles. The number of nitriles is 1. The molecule has 0 aliphatic rings. The maximum absolute atomic E-state index is 8.69. The highest BCUT2D eigenvalue weighted by atomic mass is 14.9. The maximum atomic E-state index is 8.69. The molecule has 0 amide bonds. The van der Waals surface area contributed by atoms with Gasteiger partial charge in [0.2, 0.25) is 0 Å². The molecule has 1 atom stereocenters. The molecule has 0 aromatic rings. The van der Waals surface area contributed by atoms with E-state index < -0.39 is 0 Å². The normalized spacial score (nSPS) is 13.0. The summed E-state index contributed by atoms with van der Waals surface area (Å²) in [5.74, 6) is 0. The Kier molecular flexibility index (Phi) is 7.49. The predicted molar refractivity (Wildman–Crippen MR) is 60.8 cm³/mol. The van der Waals surface area contributed by atoms with Crippen molar-refractivity contribution >= 4 is 0 Å². The lowest BCUT2D eigenvalue weighted by Gasteiger charge is -2.06. The second kappa shape index (κ2) is 8.28. The molecule has 0 aromatic heterocycles. The number of hydrogen-bond donors (Lipinski definition) is 1. The van der Waals surface area contributed by atoms with Crippen molar-refractivity contribution in [1.82, 2.24) is 5.32 Å². The van der Waals surface area contributed by atoms with E-state index in [4.69, 9.17) is 5.26 Å². The zero-order valence-electron chi connectivity index (χ0n) is 8.79. The van der Waals surface area contributed by atoms with Gasteiger partial charge in [0.25, 0.3) is 0 Å². The first-order valence-electron chi connectivity index (χ1n) is 4.79. The van der Waals surface area contributed by atoms with Crippen LogP contribution in [-0.2, 0) is 0 Å². The van der Waals surface area contributed by atoms with E-state index in [9.17, 15) is 0 Å². The van der Waals surface area contributed by atoms with Gasteiger partial charge in [-0.3, -0.25) is 0 Å². The zero-order chi connectivity index (χ0) is 10.8. The van der Waals surface area contributed by atoms with E-state index in [2.05, 4.69) is 24.5 Å². The Hall–Kier alpha value is -1.33. The topological polar surface area (TPSA) is 35.8 Å². The Morgan fingerprint density at radius 1 is 1.57 bits per heavy atom. The Balaban J connectivity index is 3.83.